The van der Waals surface area contributed by atoms with Crippen molar-refractivity contribution in [3.8, 4) is 0 Å². The van der Waals surface area contributed by atoms with Crippen LogP contribution in [0.15, 0.2) is 24.3 Å². The fourth-order valence-electron chi connectivity index (χ4n) is 2.50. The molecule has 1 aromatic carbocycles. The van der Waals surface area contributed by atoms with Crippen molar-refractivity contribution in [2.45, 2.75) is 38.3 Å². The van der Waals surface area contributed by atoms with Gasteiger partial charge in [0.25, 0.3) is 0 Å². The highest BCUT2D eigenvalue weighted by Crippen LogP contribution is 2.26. The van der Waals surface area contributed by atoms with E-state index in [1.807, 2.05) is 31.2 Å². The minimum Gasteiger partial charge on any atom is -0.377 e. The van der Waals surface area contributed by atoms with E-state index >= 15 is 0 Å². The third-order valence-electron chi connectivity index (χ3n) is 3.82. The Bertz CT molecular complexity index is 448. The zero-order valence-electron chi connectivity index (χ0n) is 11.6. The lowest BCUT2D eigenvalue weighted by Gasteiger charge is -2.14. The van der Waals surface area contributed by atoms with Gasteiger partial charge in [0.2, 0.25) is 5.91 Å². The molecule has 0 spiro atoms. The fraction of sp³-hybridized carbons (Fsp3) is 0.533. The molecular weight excluding hydrogens is 240 g/mol. The van der Waals surface area contributed by atoms with E-state index in [9.17, 15) is 4.79 Å². The SMILES string of the molecule is COC(C)c1cccc(NC(=O)C2CCC(N)C2)c1. The van der Waals surface area contributed by atoms with Crippen molar-refractivity contribution in [1.82, 2.24) is 0 Å². The Morgan fingerprint density at radius 2 is 2.26 bits per heavy atom. The average Bonchev–Trinajstić information content (AvgIpc) is 2.85. The van der Waals surface area contributed by atoms with Gasteiger partial charge in [0, 0.05) is 24.8 Å². The average molecular weight is 262 g/mol. The van der Waals surface area contributed by atoms with Crippen LogP contribution in [0.1, 0.15) is 37.9 Å². The van der Waals surface area contributed by atoms with Crippen LogP contribution in [0.5, 0.6) is 0 Å². The molecule has 0 saturated heterocycles. The topological polar surface area (TPSA) is 64.3 Å². The molecule has 1 amide bonds. The van der Waals surface area contributed by atoms with E-state index in [-0.39, 0.29) is 24.0 Å². The number of nitrogens with two attached hydrogens (primary N) is 1. The zero-order chi connectivity index (χ0) is 13.8. The highest BCUT2D eigenvalue weighted by molar-refractivity contribution is 5.92. The van der Waals surface area contributed by atoms with Crippen LogP contribution in [0.2, 0.25) is 0 Å². The van der Waals surface area contributed by atoms with Crippen LogP contribution < -0.4 is 11.1 Å². The minimum atomic E-state index is 0.0248. The summed E-state index contributed by atoms with van der Waals surface area (Å²) in [6, 6.07) is 7.96. The van der Waals surface area contributed by atoms with E-state index in [2.05, 4.69) is 5.32 Å². The van der Waals surface area contributed by atoms with E-state index < -0.39 is 0 Å². The van der Waals surface area contributed by atoms with Crippen LogP contribution in [0, 0.1) is 5.92 Å². The van der Waals surface area contributed by atoms with Gasteiger partial charge in [-0.1, -0.05) is 12.1 Å². The van der Waals surface area contributed by atoms with E-state index in [0.29, 0.717) is 0 Å². The summed E-state index contributed by atoms with van der Waals surface area (Å²) in [6.07, 6.45) is 2.65. The van der Waals surface area contributed by atoms with Crippen LogP contribution in [0.3, 0.4) is 0 Å². The maximum absolute atomic E-state index is 12.1. The van der Waals surface area contributed by atoms with Crippen LogP contribution >= 0.6 is 0 Å². The van der Waals surface area contributed by atoms with E-state index in [1.54, 1.807) is 7.11 Å². The third kappa shape index (κ3) is 3.55. The Labute approximate surface area is 114 Å². The van der Waals surface area contributed by atoms with Crippen molar-refractivity contribution >= 4 is 11.6 Å². The molecule has 1 saturated carbocycles. The van der Waals surface area contributed by atoms with Crippen molar-refractivity contribution in [1.29, 1.82) is 0 Å². The van der Waals surface area contributed by atoms with Gasteiger partial charge in [-0.05, 0) is 43.9 Å². The molecule has 2 rings (SSSR count). The van der Waals surface area contributed by atoms with Gasteiger partial charge in [-0.15, -0.1) is 0 Å². The normalized spacial score (nSPS) is 24.2. The van der Waals surface area contributed by atoms with E-state index in [1.165, 1.54) is 0 Å². The Morgan fingerprint density at radius 3 is 2.89 bits per heavy atom. The lowest BCUT2D eigenvalue weighted by atomic mass is 10.1. The molecule has 3 unspecified atom stereocenters. The number of rotatable bonds is 4. The number of ether oxygens (including phenoxy) is 1. The number of hydrogen-bond donors (Lipinski definition) is 2. The van der Waals surface area contributed by atoms with E-state index in [0.717, 1.165) is 30.5 Å². The summed E-state index contributed by atoms with van der Waals surface area (Å²) in [4.78, 5) is 12.1. The molecule has 1 aliphatic carbocycles. The summed E-state index contributed by atoms with van der Waals surface area (Å²) in [5.41, 5.74) is 7.73. The Morgan fingerprint density at radius 1 is 1.47 bits per heavy atom. The number of hydrogen-bond acceptors (Lipinski definition) is 3. The number of amides is 1. The first kappa shape index (κ1) is 14.0. The summed E-state index contributed by atoms with van der Waals surface area (Å²) in [6.45, 7) is 1.98. The van der Waals surface area contributed by atoms with Gasteiger partial charge in [0.05, 0.1) is 6.10 Å². The van der Waals surface area contributed by atoms with Gasteiger partial charge in [-0.2, -0.15) is 0 Å². The molecule has 4 heteroatoms. The lowest BCUT2D eigenvalue weighted by molar-refractivity contribution is -0.119. The Kier molecular flexibility index (Phi) is 4.56. The van der Waals surface area contributed by atoms with Gasteiger partial charge in [0.1, 0.15) is 0 Å². The second kappa shape index (κ2) is 6.17. The predicted octanol–water partition coefficient (Wildman–Crippen LogP) is 2.46. The predicted molar refractivity (Wildman–Crippen MR) is 75.8 cm³/mol. The third-order valence-corrected chi connectivity index (χ3v) is 3.82. The lowest BCUT2D eigenvalue weighted by Crippen LogP contribution is -2.23. The van der Waals surface area contributed by atoms with Crippen molar-refractivity contribution in [3.05, 3.63) is 29.8 Å². The summed E-state index contributed by atoms with van der Waals surface area (Å²) in [5.74, 6) is 0.133. The van der Waals surface area contributed by atoms with Gasteiger partial charge in [-0.3, -0.25) is 4.79 Å². The maximum atomic E-state index is 12.1. The van der Waals surface area contributed by atoms with Crippen LogP contribution in [0.4, 0.5) is 5.69 Å². The minimum absolute atomic E-state index is 0.0248. The van der Waals surface area contributed by atoms with Gasteiger partial charge >= 0.3 is 0 Å². The van der Waals surface area contributed by atoms with Gasteiger partial charge in [-0.25, -0.2) is 0 Å². The molecule has 0 bridgehead atoms. The first-order chi connectivity index (χ1) is 9.10. The molecule has 0 aliphatic heterocycles. The summed E-state index contributed by atoms with van der Waals surface area (Å²) < 4.78 is 5.28. The number of methoxy groups -OCH3 is 1. The molecule has 1 fully saturated rings. The molecular formula is C15H22N2O2. The molecule has 19 heavy (non-hydrogen) atoms. The quantitative estimate of drug-likeness (QED) is 0.876. The number of carbonyl (C=O) groups is 1. The second-order valence-corrected chi connectivity index (χ2v) is 5.26. The molecule has 1 aliphatic rings. The second-order valence-electron chi connectivity index (χ2n) is 5.26. The van der Waals surface area contributed by atoms with Gasteiger partial charge in [0.15, 0.2) is 0 Å². The number of nitrogens with one attached hydrogen (secondary N) is 1. The van der Waals surface area contributed by atoms with Crippen molar-refractivity contribution < 1.29 is 9.53 Å². The maximum Gasteiger partial charge on any atom is 0.227 e. The standard InChI is InChI=1S/C15H22N2O2/c1-10(19-2)11-4-3-5-14(9-11)17-15(18)12-6-7-13(16)8-12/h3-5,9-10,12-13H,6-8,16H2,1-2H3,(H,17,18). The van der Waals surface area contributed by atoms with Crippen molar-refractivity contribution in [3.63, 3.8) is 0 Å². The molecule has 0 heterocycles. The number of anilines is 1. The molecule has 3 N–H and O–H groups in total. The fourth-order valence-corrected chi connectivity index (χ4v) is 2.50. The Hall–Kier alpha value is -1.39. The molecule has 1 aromatic rings. The summed E-state index contributed by atoms with van der Waals surface area (Å²) in [7, 11) is 1.68. The highest BCUT2D eigenvalue weighted by atomic mass is 16.5. The van der Waals surface area contributed by atoms with Crippen molar-refractivity contribution in [2.24, 2.45) is 11.7 Å². The van der Waals surface area contributed by atoms with Crippen LogP contribution in [-0.4, -0.2) is 19.1 Å². The molecule has 0 radical (unpaired) electrons. The smallest absolute Gasteiger partial charge is 0.227 e. The number of benzene rings is 1. The summed E-state index contributed by atoms with van der Waals surface area (Å²) in [5, 5.41) is 2.97. The molecule has 104 valence electrons. The van der Waals surface area contributed by atoms with Crippen LogP contribution in [0.25, 0.3) is 0 Å². The monoisotopic (exact) mass is 262 g/mol. The number of carbonyl (C=O) groups excluding carboxylic acids is 1. The van der Waals surface area contributed by atoms with Gasteiger partial charge < -0.3 is 15.8 Å². The van der Waals surface area contributed by atoms with Crippen molar-refractivity contribution in [2.75, 3.05) is 12.4 Å². The first-order valence-electron chi connectivity index (χ1n) is 6.79. The largest absolute Gasteiger partial charge is 0.377 e. The zero-order valence-corrected chi connectivity index (χ0v) is 11.6. The first-order valence-corrected chi connectivity index (χ1v) is 6.79. The Balaban J connectivity index is 2.00. The summed E-state index contributed by atoms with van der Waals surface area (Å²) >= 11 is 0. The van der Waals surface area contributed by atoms with E-state index in [4.69, 9.17) is 10.5 Å². The highest BCUT2D eigenvalue weighted by Gasteiger charge is 2.27. The molecule has 3 atom stereocenters. The molecule has 0 aromatic heterocycles. The molecule has 4 nitrogen and oxygen atoms in total. The van der Waals surface area contributed by atoms with Crippen LogP contribution in [-0.2, 0) is 9.53 Å².